The van der Waals surface area contributed by atoms with Crippen LogP contribution in [-0.2, 0) is 24.3 Å². The molecule has 1 fully saturated rings. The second-order valence-corrected chi connectivity index (χ2v) is 9.10. The van der Waals surface area contributed by atoms with E-state index in [9.17, 15) is 18.0 Å². The minimum absolute atomic E-state index is 0.0683. The number of imidazole rings is 1. The topological polar surface area (TPSA) is 67.4 Å². The Bertz CT molecular complexity index is 1150. The van der Waals surface area contributed by atoms with E-state index in [-0.39, 0.29) is 30.9 Å². The van der Waals surface area contributed by atoms with Gasteiger partial charge in [-0.3, -0.25) is 4.79 Å². The molecule has 0 spiro atoms. The first kappa shape index (κ1) is 20.3. The quantitative estimate of drug-likeness (QED) is 0.668. The smallest absolute Gasteiger partial charge is 0.242 e. The largest absolute Gasteiger partial charge is 0.340 e. The number of hydrogen-bond donors (Lipinski definition) is 1. The number of amides is 1. The maximum Gasteiger partial charge on any atom is 0.242 e. The Labute approximate surface area is 181 Å². The summed E-state index contributed by atoms with van der Waals surface area (Å²) in [5.41, 5.74) is 7.62. The van der Waals surface area contributed by atoms with Crippen LogP contribution in [-0.4, -0.2) is 52.2 Å². The van der Waals surface area contributed by atoms with Crippen LogP contribution >= 0.6 is 11.3 Å². The zero-order valence-electron chi connectivity index (χ0n) is 16.7. The van der Waals surface area contributed by atoms with Crippen molar-refractivity contribution in [3.8, 4) is 0 Å². The minimum Gasteiger partial charge on any atom is -0.340 e. The van der Waals surface area contributed by atoms with Crippen LogP contribution in [0.2, 0.25) is 0 Å². The first-order valence-corrected chi connectivity index (χ1v) is 11.1. The van der Waals surface area contributed by atoms with Gasteiger partial charge in [-0.25, -0.2) is 18.2 Å². The van der Waals surface area contributed by atoms with Gasteiger partial charge in [0.05, 0.1) is 17.1 Å². The number of piperidine rings is 1. The molecule has 0 unspecified atom stereocenters. The predicted octanol–water partition coefficient (Wildman–Crippen LogP) is 2.84. The second-order valence-electron chi connectivity index (χ2n) is 8.10. The highest BCUT2D eigenvalue weighted by Crippen LogP contribution is 2.29. The van der Waals surface area contributed by atoms with Crippen LogP contribution in [0.5, 0.6) is 0 Å². The summed E-state index contributed by atoms with van der Waals surface area (Å²) in [6, 6.07) is 3.42. The number of halogens is 3. The summed E-state index contributed by atoms with van der Waals surface area (Å²) in [6.45, 7) is 1.64. The molecule has 1 amide bonds. The molecule has 0 radical (unpaired) electrons. The van der Waals surface area contributed by atoms with Crippen LogP contribution in [0.3, 0.4) is 0 Å². The van der Waals surface area contributed by atoms with Crippen LogP contribution < -0.4 is 10.6 Å². The molecule has 2 aromatic heterocycles. The molecule has 1 saturated heterocycles. The number of carbonyl (C=O) groups is 1. The lowest BCUT2D eigenvalue weighted by molar-refractivity contribution is -0.132. The van der Waals surface area contributed by atoms with Gasteiger partial charge in [0.15, 0.2) is 11.6 Å². The lowest BCUT2D eigenvalue weighted by Crippen LogP contribution is -2.50. The lowest BCUT2D eigenvalue weighted by atomic mass is 10.1. The number of benzene rings is 1. The van der Waals surface area contributed by atoms with Crippen molar-refractivity contribution in [1.29, 1.82) is 0 Å². The number of nitrogens with zero attached hydrogens (tertiary/aromatic N) is 4. The van der Waals surface area contributed by atoms with Crippen molar-refractivity contribution in [2.24, 2.45) is 5.73 Å². The fourth-order valence-electron chi connectivity index (χ4n) is 4.34. The highest BCUT2D eigenvalue weighted by Gasteiger charge is 2.31. The van der Waals surface area contributed by atoms with Gasteiger partial charge in [-0.15, -0.1) is 11.3 Å². The number of thiophene rings is 1. The molecular weight excluding hydrogens is 427 g/mol. The van der Waals surface area contributed by atoms with Gasteiger partial charge >= 0.3 is 0 Å². The van der Waals surface area contributed by atoms with E-state index >= 15 is 0 Å². The second kappa shape index (κ2) is 7.83. The van der Waals surface area contributed by atoms with Crippen LogP contribution in [0.1, 0.15) is 16.9 Å². The molecule has 0 bridgehead atoms. The van der Waals surface area contributed by atoms with Crippen molar-refractivity contribution in [3.63, 3.8) is 0 Å². The van der Waals surface area contributed by atoms with E-state index in [4.69, 9.17) is 5.73 Å². The van der Waals surface area contributed by atoms with Crippen molar-refractivity contribution in [3.05, 3.63) is 45.7 Å². The fourth-order valence-corrected chi connectivity index (χ4v) is 5.23. The molecule has 2 atom stereocenters. The third-order valence-electron chi connectivity index (χ3n) is 6.08. The van der Waals surface area contributed by atoms with Gasteiger partial charge < -0.3 is 20.1 Å². The molecule has 4 heterocycles. The molecule has 6 nitrogen and oxygen atoms in total. The Kier molecular flexibility index (Phi) is 5.13. The van der Waals surface area contributed by atoms with Gasteiger partial charge in [-0.2, -0.15) is 0 Å². The number of aromatic nitrogens is 2. The van der Waals surface area contributed by atoms with E-state index in [1.165, 1.54) is 4.88 Å². The van der Waals surface area contributed by atoms with Gasteiger partial charge in [-0.1, -0.05) is 0 Å². The zero-order chi connectivity index (χ0) is 21.7. The molecule has 10 heteroatoms. The van der Waals surface area contributed by atoms with E-state index in [1.54, 1.807) is 25.7 Å². The van der Waals surface area contributed by atoms with Crippen molar-refractivity contribution in [1.82, 2.24) is 14.5 Å². The highest BCUT2D eigenvalue weighted by molar-refractivity contribution is 7.10. The van der Waals surface area contributed by atoms with Crippen LogP contribution in [0.4, 0.5) is 19.1 Å². The van der Waals surface area contributed by atoms with E-state index in [2.05, 4.69) is 4.98 Å². The Morgan fingerprint density at radius 3 is 2.87 bits per heavy atom. The van der Waals surface area contributed by atoms with Crippen molar-refractivity contribution in [2.45, 2.75) is 38.1 Å². The molecular formula is C21H22F3N5OS. The summed E-state index contributed by atoms with van der Waals surface area (Å²) >= 11 is 1.69. The van der Waals surface area contributed by atoms with Gasteiger partial charge in [0.25, 0.3) is 0 Å². The fraction of sp³-hybridized carbons (Fsp3) is 0.429. The van der Waals surface area contributed by atoms with Crippen molar-refractivity contribution >= 4 is 34.2 Å². The van der Waals surface area contributed by atoms with Gasteiger partial charge in [0, 0.05) is 43.2 Å². The molecule has 3 aromatic rings. The summed E-state index contributed by atoms with van der Waals surface area (Å²) in [4.78, 5) is 22.5. The summed E-state index contributed by atoms with van der Waals surface area (Å²) in [5.74, 6) is -1.77. The predicted molar refractivity (Wildman–Crippen MR) is 113 cm³/mol. The molecule has 1 aromatic carbocycles. The summed E-state index contributed by atoms with van der Waals surface area (Å²) in [6.07, 6.45) is -0.0814. The monoisotopic (exact) mass is 449 g/mol. The molecule has 2 N–H and O–H groups in total. The minimum atomic E-state index is -1.11. The standard InChI is InChI=1S/C21H22F3N5OS/c22-13-1-4-28(10-16(13)25)21-26-17-7-14(23)15(24)8-18(17)29(21)11-20(30)27-5-2-19-12(9-27)3-6-31-19/h3,6-8,13,16H,1-2,4-5,9-11,25H2/t13-,16-/m1/s1. The number of carbonyl (C=O) groups excluding carboxylic acids is 1. The molecule has 164 valence electrons. The lowest BCUT2D eigenvalue weighted by Gasteiger charge is -2.34. The number of anilines is 1. The SMILES string of the molecule is N[C@@H]1CN(c2nc3cc(F)c(F)cc3n2CC(=O)N2CCc3sccc3C2)CC[C@H]1F. The van der Waals surface area contributed by atoms with E-state index in [0.717, 1.165) is 24.1 Å². The number of alkyl halides is 1. The number of nitrogens with two attached hydrogens (primary N) is 1. The van der Waals surface area contributed by atoms with Gasteiger partial charge in [0.1, 0.15) is 12.7 Å². The Hall–Kier alpha value is -2.59. The summed E-state index contributed by atoms with van der Waals surface area (Å²) in [7, 11) is 0. The molecule has 2 aliphatic rings. The van der Waals surface area contributed by atoms with Crippen LogP contribution in [0.15, 0.2) is 23.6 Å². The normalized spacial score (nSPS) is 21.5. The molecule has 31 heavy (non-hydrogen) atoms. The van der Waals surface area contributed by atoms with E-state index < -0.39 is 23.8 Å². The summed E-state index contributed by atoms with van der Waals surface area (Å²) in [5, 5.41) is 2.02. The Balaban J connectivity index is 1.49. The van der Waals surface area contributed by atoms with E-state index in [1.807, 2.05) is 11.4 Å². The molecule has 0 saturated carbocycles. The first-order valence-electron chi connectivity index (χ1n) is 10.2. The van der Waals surface area contributed by atoms with Crippen molar-refractivity contribution < 1.29 is 18.0 Å². The Morgan fingerprint density at radius 1 is 1.26 bits per heavy atom. The third kappa shape index (κ3) is 3.67. The average Bonchev–Trinajstić information content (AvgIpc) is 3.35. The molecule has 0 aliphatic carbocycles. The molecule has 2 aliphatic heterocycles. The summed E-state index contributed by atoms with van der Waals surface area (Å²) < 4.78 is 43.3. The number of fused-ring (bicyclic) bond motifs is 2. The average molecular weight is 450 g/mol. The first-order chi connectivity index (χ1) is 14.9. The number of hydrogen-bond acceptors (Lipinski definition) is 5. The zero-order valence-corrected chi connectivity index (χ0v) is 17.5. The third-order valence-corrected chi connectivity index (χ3v) is 7.10. The maximum atomic E-state index is 14.0. The highest BCUT2D eigenvalue weighted by atomic mass is 32.1. The van der Waals surface area contributed by atoms with E-state index in [0.29, 0.717) is 31.1 Å². The van der Waals surface area contributed by atoms with Gasteiger partial charge in [0.2, 0.25) is 11.9 Å². The van der Waals surface area contributed by atoms with Gasteiger partial charge in [-0.05, 0) is 29.9 Å². The Morgan fingerprint density at radius 2 is 2.06 bits per heavy atom. The van der Waals surface area contributed by atoms with Crippen LogP contribution in [0.25, 0.3) is 11.0 Å². The number of rotatable bonds is 3. The van der Waals surface area contributed by atoms with Crippen molar-refractivity contribution in [2.75, 3.05) is 24.5 Å². The maximum absolute atomic E-state index is 14.0. The van der Waals surface area contributed by atoms with Crippen LogP contribution in [0, 0.1) is 11.6 Å². The molecule has 5 rings (SSSR count).